The van der Waals surface area contributed by atoms with Crippen molar-refractivity contribution in [1.29, 1.82) is 0 Å². The molecule has 2 saturated heterocycles. The number of aryl methyl sites for hydroxylation is 1. The molecular weight excluding hydrogens is 600 g/mol. The number of urea groups is 1. The summed E-state index contributed by atoms with van der Waals surface area (Å²) in [4.78, 5) is 37.7. The number of para-hydroxylation sites is 2. The highest BCUT2D eigenvalue weighted by Gasteiger charge is 2.42. The Morgan fingerprint density at radius 3 is 2.61 bits per heavy atom. The lowest BCUT2D eigenvalue weighted by Gasteiger charge is -2.36. The van der Waals surface area contributed by atoms with E-state index < -0.39 is 0 Å². The van der Waals surface area contributed by atoms with Crippen LogP contribution in [0.25, 0.3) is 22.4 Å². The van der Waals surface area contributed by atoms with E-state index in [9.17, 15) is 14.4 Å². The Labute approximate surface area is 275 Å². The Bertz CT molecular complexity index is 1570. The minimum Gasteiger partial charge on any atom is -0.459 e. The number of fused-ring (bicyclic) bond motifs is 2. The van der Waals surface area contributed by atoms with Crippen molar-refractivity contribution >= 4 is 40.8 Å². The Hall–Kier alpha value is -3.53. The fourth-order valence-electron chi connectivity index (χ4n) is 7.59. The number of hydrogen-bond donors (Lipinski definition) is 2. The third kappa shape index (κ3) is 7.06. The molecule has 3 heterocycles. The van der Waals surface area contributed by atoms with Crippen molar-refractivity contribution < 1.29 is 28.4 Å². The molecule has 3 aliphatic rings. The Morgan fingerprint density at radius 2 is 1.83 bits per heavy atom. The van der Waals surface area contributed by atoms with Crippen LogP contribution in [0, 0.1) is 17.8 Å². The van der Waals surface area contributed by atoms with Crippen LogP contribution in [0.15, 0.2) is 48.5 Å². The van der Waals surface area contributed by atoms with Gasteiger partial charge in [-0.05, 0) is 79.8 Å². The van der Waals surface area contributed by atoms with Crippen LogP contribution in [0.4, 0.5) is 4.79 Å². The molecule has 0 radical (unpaired) electrons. The molecule has 0 spiro atoms. The highest BCUT2D eigenvalue weighted by atomic mass is 32.2. The maximum absolute atomic E-state index is 13.5. The van der Waals surface area contributed by atoms with Crippen LogP contribution >= 0.6 is 11.8 Å². The summed E-state index contributed by atoms with van der Waals surface area (Å²) >= 11 is 1.89. The molecule has 6 atom stereocenters. The largest absolute Gasteiger partial charge is 0.459 e. The zero-order chi connectivity index (χ0) is 32.4. The van der Waals surface area contributed by atoms with Crippen LogP contribution in [-0.4, -0.2) is 51.7 Å². The molecule has 3 fully saturated rings. The van der Waals surface area contributed by atoms with Crippen LogP contribution < -0.4 is 19.9 Å². The molecular formula is C36H47N4O5S+. The lowest BCUT2D eigenvalue weighted by molar-refractivity contribution is -0.634. The van der Waals surface area contributed by atoms with Crippen LogP contribution in [0.1, 0.15) is 65.7 Å². The lowest BCUT2D eigenvalue weighted by atomic mass is 9.75. The first kappa shape index (κ1) is 32.4. The van der Waals surface area contributed by atoms with Gasteiger partial charge in [0.05, 0.1) is 24.7 Å². The summed E-state index contributed by atoms with van der Waals surface area (Å²) in [6.07, 6.45) is 6.12. The fraction of sp³-hybridized carbons (Fsp3) is 0.556. The van der Waals surface area contributed by atoms with Crippen molar-refractivity contribution in [3.05, 3.63) is 48.5 Å². The molecule has 0 unspecified atom stereocenters. The number of esters is 2. The molecule has 1 aliphatic carbocycles. The molecule has 10 heteroatoms. The van der Waals surface area contributed by atoms with Crippen LogP contribution in [-0.2, 0) is 27.9 Å². The number of hydrogen-bond acceptors (Lipinski definition) is 6. The number of imidazole rings is 1. The van der Waals surface area contributed by atoms with Gasteiger partial charge in [-0.25, -0.2) is 18.7 Å². The van der Waals surface area contributed by atoms with Gasteiger partial charge in [0.25, 0.3) is 5.82 Å². The van der Waals surface area contributed by atoms with Crippen molar-refractivity contribution in [3.8, 4) is 17.1 Å². The third-order valence-electron chi connectivity index (χ3n) is 10.0. The maximum atomic E-state index is 13.5. The van der Waals surface area contributed by atoms with E-state index in [0.29, 0.717) is 35.2 Å². The number of thioether (sulfide) groups is 1. The van der Waals surface area contributed by atoms with E-state index >= 15 is 0 Å². The van der Waals surface area contributed by atoms with Gasteiger partial charge in [0.15, 0.2) is 17.6 Å². The number of carbonyl (C=O) groups is 3. The van der Waals surface area contributed by atoms with Crippen molar-refractivity contribution in [1.82, 2.24) is 15.2 Å². The average molecular weight is 648 g/mol. The van der Waals surface area contributed by atoms with Gasteiger partial charge >= 0.3 is 18.0 Å². The van der Waals surface area contributed by atoms with Gasteiger partial charge < -0.3 is 20.1 Å². The summed E-state index contributed by atoms with van der Waals surface area (Å²) < 4.78 is 16.0. The Kier molecular flexibility index (Phi) is 9.92. The first-order valence-corrected chi connectivity index (χ1v) is 17.9. The van der Waals surface area contributed by atoms with E-state index in [4.69, 9.17) is 9.47 Å². The van der Waals surface area contributed by atoms with Gasteiger partial charge in [-0.3, -0.25) is 4.79 Å². The molecule has 246 valence electrons. The zero-order valence-electron chi connectivity index (χ0n) is 27.4. The summed E-state index contributed by atoms with van der Waals surface area (Å²) in [5.41, 5.74) is 2.90. The van der Waals surface area contributed by atoms with Gasteiger partial charge in [0.1, 0.15) is 11.9 Å². The zero-order valence-corrected chi connectivity index (χ0v) is 28.2. The predicted octanol–water partition coefficient (Wildman–Crippen LogP) is 5.77. The minimum absolute atomic E-state index is 0.0505. The second kappa shape index (κ2) is 14.1. The second-order valence-corrected chi connectivity index (χ2v) is 15.0. The number of rotatable bonds is 11. The first-order chi connectivity index (χ1) is 22.2. The van der Waals surface area contributed by atoms with Crippen molar-refractivity contribution in [2.75, 3.05) is 5.75 Å². The molecule has 2 N–H and O–H groups in total. The van der Waals surface area contributed by atoms with E-state index in [0.717, 1.165) is 60.3 Å². The van der Waals surface area contributed by atoms with E-state index in [2.05, 4.69) is 42.0 Å². The quantitative estimate of drug-likeness (QED) is 0.0902. The minimum atomic E-state index is -0.250. The molecule has 9 nitrogen and oxygen atoms in total. The lowest BCUT2D eigenvalue weighted by Crippen LogP contribution is -2.37. The molecule has 0 bridgehead atoms. The smallest absolute Gasteiger partial charge is 0.348 e. The summed E-state index contributed by atoms with van der Waals surface area (Å²) in [5, 5.41) is 6.38. The fourth-order valence-corrected chi connectivity index (χ4v) is 9.14. The van der Waals surface area contributed by atoms with Crippen LogP contribution in [0.5, 0.6) is 5.75 Å². The monoisotopic (exact) mass is 647 g/mol. The molecule has 3 aromatic rings. The number of carbonyl (C=O) groups excluding carboxylic acids is 3. The summed E-state index contributed by atoms with van der Waals surface area (Å²) in [7, 11) is 2.01. The number of benzene rings is 2. The topological polar surface area (TPSA) is 103 Å². The number of ether oxygens (including phenoxy) is 2. The van der Waals surface area contributed by atoms with Crippen molar-refractivity contribution in [2.45, 2.75) is 95.7 Å². The number of nitrogens with zero attached hydrogens (tertiary/aromatic N) is 2. The molecule has 1 saturated carbocycles. The van der Waals surface area contributed by atoms with E-state index in [1.807, 2.05) is 65.8 Å². The number of amides is 2. The number of unbranched alkanes of at least 4 members (excludes halogenated alkanes) is 1. The van der Waals surface area contributed by atoms with Crippen molar-refractivity contribution in [2.24, 2.45) is 24.8 Å². The van der Waals surface area contributed by atoms with Crippen LogP contribution in [0.2, 0.25) is 0 Å². The highest BCUT2D eigenvalue weighted by Crippen LogP contribution is 2.36. The third-order valence-corrected chi connectivity index (χ3v) is 11.5. The van der Waals surface area contributed by atoms with Gasteiger partial charge in [0, 0.05) is 17.4 Å². The SMILES string of the molecule is CC(C)[C@@H]1CC[C@@H](C)C[C@H]1OC(=O)Cn1c(-c2ccc(OC(=O)CCCC[C@H]3SC[C@H]4NC(=O)N[C@H]43)cc2)[n+](C)c2ccccc21. The average Bonchev–Trinajstić information content (AvgIpc) is 3.66. The maximum Gasteiger partial charge on any atom is 0.348 e. The van der Waals surface area contributed by atoms with Gasteiger partial charge in [0.2, 0.25) is 0 Å². The summed E-state index contributed by atoms with van der Waals surface area (Å²) in [5.74, 6) is 3.27. The van der Waals surface area contributed by atoms with Gasteiger partial charge in [-0.15, -0.1) is 0 Å². The Balaban J connectivity index is 1.08. The van der Waals surface area contributed by atoms with Gasteiger partial charge in [-0.2, -0.15) is 11.8 Å². The second-order valence-electron chi connectivity index (χ2n) is 13.7. The van der Waals surface area contributed by atoms with E-state index in [1.165, 1.54) is 6.42 Å². The summed E-state index contributed by atoms with van der Waals surface area (Å²) in [6.45, 7) is 6.81. The molecule has 2 aliphatic heterocycles. The number of aromatic nitrogens is 2. The predicted molar refractivity (Wildman–Crippen MR) is 179 cm³/mol. The van der Waals surface area contributed by atoms with Gasteiger partial charge in [-0.1, -0.05) is 45.7 Å². The molecule has 46 heavy (non-hydrogen) atoms. The molecule has 6 rings (SSSR count). The summed E-state index contributed by atoms with van der Waals surface area (Å²) in [6, 6.07) is 15.9. The van der Waals surface area contributed by atoms with Crippen LogP contribution in [0.3, 0.4) is 0 Å². The van der Waals surface area contributed by atoms with E-state index in [1.54, 1.807) is 0 Å². The number of nitrogens with one attached hydrogen (secondary N) is 2. The standard InChI is InChI=1S/C36H46N4O5S/c1-22(2)26-18-13-23(3)19-30(26)45-33(42)20-40-29-10-6-5-9-28(29)39(4)35(40)24-14-16-25(17-15-24)44-32(41)12-8-7-11-31-34-27(21-46-31)37-36(43)38-34/h5-6,9-10,14-17,22-23,26-27,30-31,34H,7-8,11-13,18-21H2,1-4H3,(H-,37,38,43)/p+1/t23-,26+,27-,30-,31-,34-/m1/s1. The van der Waals surface area contributed by atoms with Crippen molar-refractivity contribution in [3.63, 3.8) is 0 Å². The molecule has 2 amide bonds. The molecule has 2 aromatic carbocycles. The first-order valence-electron chi connectivity index (χ1n) is 16.8. The molecule has 1 aromatic heterocycles. The highest BCUT2D eigenvalue weighted by molar-refractivity contribution is 8.00. The Morgan fingerprint density at radius 1 is 1.04 bits per heavy atom. The normalized spacial score (nSPS) is 25.7. The van der Waals surface area contributed by atoms with E-state index in [-0.39, 0.29) is 42.7 Å².